The summed E-state index contributed by atoms with van der Waals surface area (Å²) in [7, 11) is 1.42. The number of hydrogen-bond donors (Lipinski definition) is 1. The van der Waals surface area contributed by atoms with E-state index in [1.54, 1.807) is 11.8 Å². The molecule has 1 amide bonds. The summed E-state index contributed by atoms with van der Waals surface area (Å²) in [4.78, 5) is 32.7. The van der Waals surface area contributed by atoms with Crippen molar-refractivity contribution in [3.8, 4) is 0 Å². The number of methoxy groups -OCH3 is 1. The van der Waals surface area contributed by atoms with Crippen LogP contribution in [-0.4, -0.2) is 60.6 Å². The number of ether oxygens (including phenoxy) is 2. The van der Waals surface area contributed by atoms with Crippen molar-refractivity contribution in [1.29, 1.82) is 0 Å². The van der Waals surface area contributed by atoms with Crippen molar-refractivity contribution in [2.75, 3.05) is 25.1 Å². The van der Waals surface area contributed by atoms with E-state index < -0.39 is 12.2 Å². The topological polar surface area (TPSA) is 80.8 Å². The minimum atomic E-state index is -2.75. The number of carbonyl (C=O) groups is 2. The molecule has 10 heteroatoms. The Kier molecular flexibility index (Phi) is 7.79. The average molecular weight is 564 g/mol. The molecule has 6 fully saturated rings. The number of rotatable bonds is 9. The van der Waals surface area contributed by atoms with Crippen LogP contribution in [0.5, 0.6) is 0 Å². The van der Waals surface area contributed by atoms with Crippen molar-refractivity contribution in [2.24, 2.45) is 23.7 Å². The maximum Gasteiger partial charge on any atom is 0.345 e. The maximum atomic E-state index is 13.7. The minimum Gasteiger partial charge on any atom is -0.469 e. The Balaban J connectivity index is 1.18. The van der Waals surface area contributed by atoms with Gasteiger partial charge in [0.15, 0.2) is 0 Å². The molecule has 39 heavy (non-hydrogen) atoms. The molecule has 2 unspecified atom stereocenters. The van der Waals surface area contributed by atoms with Crippen molar-refractivity contribution in [2.45, 2.75) is 99.2 Å². The summed E-state index contributed by atoms with van der Waals surface area (Å²) in [6.07, 6.45) is 9.83. The molecule has 3 atom stereocenters. The fourth-order valence-electron chi connectivity index (χ4n) is 8.31. The van der Waals surface area contributed by atoms with E-state index in [4.69, 9.17) is 14.5 Å². The smallest absolute Gasteiger partial charge is 0.345 e. The Hall–Kier alpha value is -1.94. The minimum absolute atomic E-state index is 0.00915. The third-order valence-electron chi connectivity index (χ3n) is 9.82. The maximum absolute atomic E-state index is 13.7. The van der Waals surface area contributed by atoms with Gasteiger partial charge in [0, 0.05) is 24.4 Å². The fraction of sp³-hybridized carbons (Fsp3) is 0.759. The third kappa shape index (κ3) is 5.78. The lowest BCUT2D eigenvalue weighted by Gasteiger charge is -2.59. The fourth-order valence-corrected chi connectivity index (χ4v) is 9.63. The van der Waals surface area contributed by atoms with Crippen molar-refractivity contribution >= 4 is 29.5 Å². The van der Waals surface area contributed by atoms with Crippen LogP contribution in [0, 0.1) is 23.7 Å². The van der Waals surface area contributed by atoms with E-state index in [1.807, 2.05) is 12.1 Å². The molecule has 1 aromatic rings. The second kappa shape index (κ2) is 11.1. The lowest BCUT2D eigenvalue weighted by atomic mass is 9.52. The highest BCUT2D eigenvalue weighted by Gasteiger charge is 2.57. The van der Waals surface area contributed by atoms with E-state index in [0.717, 1.165) is 62.5 Å². The Morgan fingerprint density at radius 2 is 1.90 bits per heavy atom. The van der Waals surface area contributed by atoms with Gasteiger partial charge < -0.3 is 19.7 Å². The van der Waals surface area contributed by atoms with Crippen LogP contribution in [0.2, 0.25) is 0 Å². The van der Waals surface area contributed by atoms with Crippen LogP contribution >= 0.6 is 11.8 Å². The second-order valence-electron chi connectivity index (χ2n) is 12.5. The molecule has 1 saturated heterocycles. The SMILES string of the molecule is COC(=O)C[C@@H]1CCN(c2ccc(C(=O)N[C@H]3C4CC5CC3C[C@@](OC(F)F)(C5)C4)c(SC3CCCC3)n2)C1. The lowest BCUT2D eigenvalue weighted by Crippen LogP contribution is -2.62. The van der Waals surface area contributed by atoms with Gasteiger partial charge in [0.2, 0.25) is 0 Å². The molecule has 1 aliphatic heterocycles. The zero-order valence-corrected chi connectivity index (χ0v) is 23.4. The highest BCUT2D eigenvalue weighted by atomic mass is 32.2. The van der Waals surface area contributed by atoms with E-state index in [1.165, 1.54) is 20.0 Å². The zero-order chi connectivity index (χ0) is 27.1. The van der Waals surface area contributed by atoms with Gasteiger partial charge in [-0.15, -0.1) is 11.8 Å². The summed E-state index contributed by atoms with van der Waals surface area (Å²) in [6, 6.07) is 3.82. The number of halogens is 2. The number of amides is 1. The monoisotopic (exact) mass is 563 g/mol. The molecule has 6 aliphatic rings. The molecule has 0 aromatic carbocycles. The predicted molar refractivity (Wildman–Crippen MR) is 144 cm³/mol. The Labute approximate surface area is 233 Å². The highest BCUT2D eigenvalue weighted by molar-refractivity contribution is 7.99. The normalized spacial score (nSPS) is 33.7. The van der Waals surface area contributed by atoms with Crippen LogP contribution in [0.15, 0.2) is 17.2 Å². The van der Waals surface area contributed by atoms with Crippen LogP contribution in [0.4, 0.5) is 14.6 Å². The van der Waals surface area contributed by atoms with E-state index >= 15 is 0 Å². The number of thioether (sulfide) groups is 1. The Bertz CT molecular complexity index is 1060. The van der Waals surface area contributed by atoms with Crippen molar-refractivity contribution < 1.29 is 27.8 Å². The predicted octanol–water partition coefficient (Wildman–Crippen LogP) is 5.42. The first-order valence-electron chi connectivity index (χ1n) is 14.6. The molecule has 5 aliphatic carbocycles. The zero-order valence-electron chi connectivity index (χ0n) is 22.6. The van der Waals surface area contributed by atoms with Gasteiger partial charge in [0.1, 0.15) is 10.8 Å². The first kappa shape index (κ1) is 27.2. The molecule has 2 heterocycles. The van der Waals surface area contributed by atoms with E-state index in [0.29, 0.717) is 36.0 Å². The van der Waals surface area contributed by atoms with Gasteiger partial charge in [-0.2, -0.15) is 8.78 Å². The standard InChI is InChI=1S/C29H39F2N3O4S/c1-37-24(35)12-17-8-9-34(16-17)23-7-6-22(27(32-23)39-21-4-2-3-5-21)26(36)33-25-19-10-18-11-20(25)15-29(13-18,14-19)38-28(30)31/h6-7,17-21,25,28H,2-5,8-16H2,1H3,(H,33,36)/t17-,18?,19?,20?,25-,29+/m0/s1. The van der Waals surface area contributed by atoms with Gasteiger partial charge >= 0.3 is 12.6 Å². The number of aromatic nitrogens is 1. The molecule has 0 spiro atoms. The summed E-state index contributed by atoms with van der Waals surface area (Å²) in [5.41, 5.74) is -0.117. The summed E-state index contributed by atoms with van der Waals surface area (Å²) in [6.45, 7) is -1.18. The van der Waals surface area contributed by atoms with Crippen LogP contribution < -0.4 is 10.2 Å². The van der Waals surface area contributed by atoms with Crippen molar-refractivity contribution in [3.63, 3.8) is 0 Å². The molecule has 5 saturated carbocycles. The van der Waals surface area contributed by atoms with Gasteiger partial charge in [0.25, 0.3) is 5.91 Å². The summed E-state index contributed by atoms with van der Waals surface area (Å²) < 4.78 is 36.4. The number of nitrogens with zero attached hydrogens (tertiary/aromatic N) is 2. The number of anilines is 1. The largest absolute Gasteiger partial charge is 0.469 e. The molecule has 4 bridgehead atoms. The highest BCUT2D eigenvalue weighted by Crippen LogP contribution is 2.57. The number of nitrogens with one attached hydrogen (secondary N) is 1. The molecule has 7 nitrogen and oxygen atoms in total. The lowest BCUT2D eigenvalue weighted by molar-refractivity contribution is -0.260. The summed E-state index contributed by atoms with van der Waals surface area (Å²) in [5, 5.41) is 4.57. The van der Waals surface area contributed by atoms with Gasteiger partial charge in [-0.25, -0.2) is 4.98 Å². The first-order valence-corrected chi connectivity index (χ1v) is 15.4. The summed E-state index contributed by atoms with van der Waals surface area (Å²) in [5.74, 6) is 1.55. The van der Waals surface area contributed by atoms with Crippen LogP contribution in [0.25, 0.3) is 0 Å². The number of pyridine rings is 1. The molecule has 1 aromatic heterocycles. The molecular weight excluding hydrogens is 524 g/mol. The van der Waals surface area contributed by atoms with E-state index in [2.05, 4.69) is 10.2 Å². The van der Waals surface area contributed by atoms with Gasteiger partial charge in [0.05, 0.1) is 24.7 Å². The number of hydrogen-bond acceptors (Lipinski definition) is 7. The quantitative estimate of drug-likeness (QED) is 0.402. The van der Waals surface area contributed by atoms with E-state index in [-0.39, 0.29) is 35.7 Å². The Morgan fingerprint density at radius 1 is 1.15 bits per heavy atom. The van der Waals surface area contributed by atoms with Crippen LogP contribution in [0.1, 0.15) is 81.0 Å². The molecule has 1 N–H and O–H groups in total. The molecule has 214 valence electrons. The first-order chi connectivity index (χ1) is 18.8. The van der Waals surface area contributed by atoms with Crippen molar-refractivity contribution in [1.82, 2.24) is 10.3 Å². The molecular formula is C29H39F2N3O4S. The van der Waals surface area contributed by atoms with Crippen LogP contribution in [0.3, 0.4) is 0 Å². The van der Waals surface area contributed by atoms with Crippen molar-refractivity contribution in [3.05, 3.63) is 17.7 Å². The molecule has 7 rings (SSSR count). The number of alkyl halides is 2. The van der Waals surface area contributed by atoms with Gasteiger partial charge in [-0.3, -0.25) is 9.59 Å². The summed E-state index contributed by atoms with van der Waals surface area (Å²) >= 11 is 1.72. The molecule has 0 radical (unpaired) electrons. The second-order valence-corrected chi connectivity index (χ2v) is 13.7. The van der Waals surface area contributed by atoms with E-state index in [9.17, 15) is 18.4 Å². The number of carbonyl (C=O) groups excluding carboxylic acids is 2. The van der Waals surface area contributed by atoms with Crippen LogP contribution in [-0.2, 0) is 14.3 Å². The Morgan fingerprint density at radius 3 is 2.59 bits per heavy atom. The average Bonchev–Trinajstić information content (AvgIpc) is 3.57. The number of esters is 1. The third-order valence-corrected chi connectivity index (χ3v) is 11.2. The van der Waals surface area contributed by atoms with Gasteiger partial charge in [-0.1, -0.05) is 12.8 Å². The van der Waals surface area contributed by atoms with Gasteiger partial charge in [-0.05, 0) is 87.2 Å².